The van der Waals surface area contributed by atoms with Crippen molar-refractivity contribution in [3.8, 4) is 0 Å². The summed E-state index contributed by atoms with van der Waals surface area (Å²) >= 11 is 0. The van der Waals surface area contributed by atoms with Crippen LogP contribution in [0.5, 0.6) is 0 Å². The van der Waals surface area contributed by atoms with Gasteiger partial charge in [-0.05, 0) is 38.3 Å². The summed E-state index contributed by atoms with van der Waals surface area (Å²) in [6, 6.07) is -0.0208. The summed E-state index contributed by atoms with van der Waals surface area (Å²) in [5.74, 6) is 5.97. The summed E-state index contributed by atoms with van der Waals surface area (Å²) in [6.07, 6.45) is 4.30. The molecule has 3 N–H and O–H groups in total. The second-order valence-electron chi connectivity index (χ2n) is 4.53. The molecular weight excluding hydrogens is 190 g/mol. The third kappa shape index (κ3) is 3.47. The number of hydrogen-bond acceptors (Lipinski definition) is 3. The molecule has 0 spiro atoms. The maximum atomic E-state index is 11.6. The van der Waals surface area contributed by atoms with Gasteiger partial charge in [0, 0.05) is 0 Å². The van der Waals surface area contributed by atoms with Crippen molar-refractivity contribution in [2.75, 3.05) is 13.1 Å². The SMILES string of the molecule is CCC[C@H](C(=O)NN)N1CCC(C)CC1. The number of rotatable bonds is 4. The van der Waals surface area contributed by atoms with Gasteiger partial charge < -0.3 is 0 Å². The molecule has 1 aliphatic heterocycles. The van der Waals surface area contributed by atoms with Crippen molar-refractivity contribution < 1.29 is 4.79 Å². The predicted molar refractivity (Wildman–Crippen MR) is 61.0 cm³/mol. The zero-order chi connectivity index (χ0) is 11.3. The highest BCUT2D eigenvalue weighted by Crippen LogP contribution is 2.19. The van der Waals surface area contributed by atoms with E-state index in [0.717, 1.165) is 31.8 Å². The molecule has 1 saturated heterocycles. The first-order valence-corrected chi connectivity index (χ1v) is 5.93. The molecule has 1 atom stereocenters. The van der Waals surface area contributed by atoms with Crippen LogP contribution in [0, 0.1) is 5.92 Å². The Morgan fingerprint density at radius 1 is 1.53 bits per heavy atom. The maximum absolute atomic E-state index is 11.6. The van der Waals surface area contributed by atoms with Crippen molar-refractivity contribution in [3.05, 3.63) is 0 Å². The number of amides is 1. The number of hydrogen-bond donors (Lipinski definition) is 2. The van der Waals surface area contributed by atoms with Crippen LogP contribution in [0.1, 0.15) is 39.5 Å². The van der Waals surface area contributed by atoms with Gasteiger partial charge in [-0.15, -0.1) is 0 Å². The molecular formula is C11H23N3O. The number of nitrogens with one attached hydrogen (secondary N) is 1. The second kappa shape index (κ2) is 6.08. The summed E-state index contributed by atoms with van der Waals surface area (Å²) < 4.78 is 0. The molecule has 0 aromatic carbocycles. The van der Waals surface area contributed by atoms with Crippen molar-refractivity contribution in [1.29, 1.82) is 0 Å². The summed E-state index contributed by atoms with van der Waals surface area (Å²) in [7, 11) is 0. The number of nitrogens with two attached hydrogens (primary N) is 1. The molecule has 0 saturated carbocycles. The fourth-order valence-electron chi connectivity index (χ4n) is 2.19. The highest BCUT2D eigenvalue weighted by atomic mass is 16.2. The highest BCUT2D eigenvalue weighted by molar-refractivity contribution is 5.81. The zero-order valence-electron chi connectivity index (χ0n) is 9.83. The molecule has 1 amide bonds. The molecule has 0 aliphatic carbocycles. The Kier molecular flexibility index (Phi) is 5.05. The Labute approximate surface area is 92.2 Å². The van der Waals surface area contributed by atoms with Gasteiger partial charge in [0.1, 0.15) is 0 Å². The Morgan fingerprint density at radius 3 is 2.60 bits per heavy atom. The van der Waals surface area contributed by atoms with Crippen molar-refractivity contribution in [1.82, 2.24) is 10.3 Å². The lowest BCUT2D eigenvalue weighted by Gasteiger charge is -2.35. The van der Waals surface area contributed by atoms with Gasteiger partial charge in [-0.1, -0.05) is 20.3 Å². The fourth-order valence-corrected chi connectivity index (χ4v) is 2.19. The lowest BCUT2D eigenvalue weighted by atomic mass is 9.96. The molecule has 88 valence electrons. The van der Waals surface area contributed by atoms with Crippen molar-refractivity contribution in [2.24, 2.45) is 11.8 Å². The van der Waals surface area contributed by atoms with Crippen LogP contribution in [0.15, 0.2) is 0 Å². The first kappa shape index (κ1) is 12.5. The molecule has 4 heteroatoms. The third-order valence-corrected chi connectivity index (χ3v) is 3.27. The Morgan fingerprint density at radius 2 is 2.13 bits per heavy atom. The Balaban J connectivity index is 2.51. The van der Waals surface area contributed by atoms with Crippen LogP contribution in [-0.4, -0.2) is 29.9 Å². The quantitative estimate of drug-likeness (QED) is 0.414. The van der Waals surface area contributed by atoms with Crippen molar-refractivity contribution in [3.63, 3.8) is 0 Å². The number of likely N-dealkylation sites (tertiary alicyclic amines) is 1. The van der Waals surface area contributed by atoms with E-state index in [0.29, 0.717) is 0 Å². The summed E-state index contributed by atoms with van der Waals surface area (Å²) in [4.78, 5) is 13.9. The molecule has 1 aliphatic rings. The number of carbonyl (C=O) groups is 1. The van der Waals surface area contributed by atoms with E-state index < -0.39 is 0 Å². The van der Waals surface area contributed by atoms with E-state index in [2.05, 4.69) is 24.2 Å². The van der Waals surface area contributed by atoms with Crippen LogP contribution in [0.4, 0.5) is 0 Å². The molecule has 0 radical (unpaired) electrons. The molecule has 0 aromatic heterocycles. The van der Waals surface area contributed by atoms with Crippen LogP contribution in [0.3, 0.4) is 0 Å². The summed E-state index contributed by atoms with van der Waals surface area (Å²) in [5, 5.41) is 0. The standard InChI is InChI=1S/C11H23N3O/c1-3-4-10(11(15)13-12)14-7-5-9(2)6-8-14/h9-10H,3-8,12H2,1-2H3,(H,13,15)/t10-/m1/s1. The number of piperidine rings is 1. The first-order valence-electron chi connectivity index (χ1n) is 5.93. The van der Waals surface area contributed by atoms with Gasteiger partial charge in [-0.25, -0.2) is 5.84 Å². The molecule has 15 heavy (non-hydrogen) atoms. The third-order valence-electron chi connectivity index (χ3n) is 3.27. The van der Waals surface area contributed by atoms with Gasteiger partial charge in [0.15, 0.2) is 0 Å². The smallest absolute Gasteiger partial charge is 0.251 e. The van der Waals surface area contributed by atoms with Crippen LogP contribution in [-0.2, 0) is 4.79 Å². The largest absolute Gasteiger partial charge is 0.293 e. The Bertz CT molecular complexity index is 200. The minimum Gasteiger partial charge on any atom is -0.293 e. The first-order chi connectivity index (χ1) is 7.19. The van der Waals surface area contributed by atoms with Gasteiger partial charge in [-0.2, -0.15) is 0 Å². The van der Waals surface area contributed by atoms with Crippen LogP contribution >= 0.6 is 0 Å². The van der Waals surface area contributed by atoms with Gasteiger partial charge in [-0.3, -0.25) is 15.1 Å². The van der Waals surface area contributed by atoms with E-state index in [-0.39, 0.29) is 11.9 Å². The van der Waals surface area contributed by atoms with Gasteiger partial charge in [0.2, 0.25) is 0 Å². The average Bonchev–Trinajstić information content (AvgIpc) is 2.26. The van der Waals surface area contributed by atoms with Crippen LogP contribution in [0.2, 0.25) is 0 Å². The van der Waals surface area contributed by atoms with E-state index in [1.54, 1.807) is 0 Å². The number of hydrazine groups is 1. The Hall–Kier alpha value is -0.610. The van der Waals surface area contributed by atoms with Gasteiger partial charge >= 0.3 is 0 Å². The molecule has 1 heterocycles. The molecule has 0 bridgehead atoms. The van der Waals surface area contributed by atoms with Crippen molar-refractivity contribution in [2.45, 2.75) is 45.6 Å². The minimum atomic E-state index is -0.0357. The predicted octanol–water partition coefficient (Wildman–Crippen LogP) is 0.877. The molecule has 0 unspecified atom stereocenters. The lowest BCUT2D eigenvalue weighted by molar-refractivity contribution is -0.127. The maximum Gasteiger partial charge on any atom is 0.251 e. The average molecular weight is 213 g/mol. The summed E-state index contributed by atoms with van der Waals surface area (Å²) in [6.45, 7) is 6.43. The molecule has 4 nitrogen and oxygen atoms in total. The zero-order valence-corrected chi connectivity index (χ0v) is 9.83. The van der Waals surface area contributed by atoms with E-state index in [1.807, 2.05) is 0 Å². The number of nitrogens with zero attached hydrogens (tertiary/aromatic N) is 1. The van der Waals surface area contributed by atoms with Crippen molar-refractivity contribution >= 4 is 5.91 Å². The lowest BCUT2D eigenvalue weighted by Crippen LogP contribution is -2.51. The summed E-state index contributed by atoms with van der Waals surface area (Å²) in [5.41, 5.74) is 2.28. The highest BCUT2D eigenvalue weighted by Gasteiger charge is 2.27. The van der Waals surface area contributed by atoms with E-state index in [4.69, 9.17) is 5.84 Å². The molecule has 0 aromatic rings. The van der Waals surface area contributed by atoms with Gasteiger partial charge in [0.05, 0.1) is 6.04 Å². The van der Waals surface area contributed by atoms with Gasteiger partial charge in [0.25, 0.3) is 5.91 Å². The normalized spacial score (nSPS) is 21.3. The molecule has 1 fully saturated rings. The minimum absolute atomic E-state index is 0.0208. The number of carbonyl (C=O) groups excluding carboxylic acids is 1. The van der Waals surface area contributed by atoms with Crippen LogP contribution in [0.25, 0.3) is 0 Å². The van der Waals surface area contributed by atoms with Crippen LogP contribution < -0.4 is 11.3 Å². The fraction of sp³-hybridized carbons (Fsp3) is 0.909. The topological polar surface area (TPSA) is 58.4 Å². The second-order valence-corrected chi connectivity index (χ2v) is 4.53. The van der Waals surface area contributed by atoms with E-state index in [1.165, 1.54) is 12.8 Å². The monoisotopic (exact) mass is 213 g/mol. The van der Waals surface area contributed by atoms with E-state index >= 15 is 0 Å². The van der Waals surface area contributed by atoms with E-state index in [9.17, 15) is 4.79 Å². The molecule has 1 rings (SSSR count).